The monoisotopic (exact) mass is 413 g/mol. The fourth-order valence-corrected chi connectivity index (χ4v) is 3.25. The Bertz CT molecular complexity index is 769. The highest BCUT2D eigenvalue weighted by Gasteiger charge is 2.20. The zero-order valence-corrected chi connectivity index (χ0v) is 16.3. The van der Waals surface area contributed by atoms with Gasteiger partial charge >= 0.3 is 0 Å². The van der Waals surface area contributed by atoms with Crippen molar-refractivity contribution in [2.45, 2.75) is 25.4 Å². The van der Waals surface area contributed by atoms with E-state index in [1.165, 1.54) is 0 Å². The first-order valence-corrected chi connectivity index (χ1v) is 9.63. The Morgan fingerprint density at radius 1 is 1.26 bits per heavy atom. The SMILES string of the molecule is Nc1nc(NCCCN2CCC(Oc3ccc(Cl)c(Cl)c3)CC2)ncc1F. The molecule has 2 heterocycles. The highest BCUT2D eigenvalue weighted by molar-refractivity contribution is 6.42. The van der Waals surface area contributed by atoms with Crippen molar-refractivity contribution in [1.29, 1.82) is 0 Å². The summed E-state index contributed by atoms with van der Waals surface area (Å²) in [6, 6.07) is 5.35. The maximum atomic E-state index is 13.0. The molecule has 0 unspecified atom stereocenters. The van der Waals surface area contributed by atoms with Gasteiger partial charge in [0.05, 0.1) is 16.2 Å². The molecule has 2 aromatic rings. The van der Waals surface area contributed by atoms with E-state index >= 15 is 0 Å². The molecule has 27 heavy (non-hydrogen) atoms. The Balaban J connectivity index is 1.34. The van der Waals surface area contributed by atoms with E-state index in [2.05, 4.69) is 20.2 Å². The van der Waals surface area contributed by atoms with Gasteiger partial charge < -0.3 is 20.7 Å². The maximum Gasteiger partial charge on any atom is 0.224 e. The summed E-state index contributed by atoms with van der Waals surface area (Å²) in [6.45, 7) is 3.62. The van der Waals surface area contributed by atoms with Crippen LogP contribution >= 0.6 is 23.2 Å². The number of benzene rings is 1. The molecule has 3 rings (SSSR count). The third-order valence-corrected chi connectivity index (χ3v) is 5.17. The second-order valence-electron chi connectivity index (χ2n) is 6.44. The van der Waals surface area contributed by atoms with Crippen LogP contribution in [0.3, 0.4) is 0 Å². The first-order chi connectivity index (χ1) is 13.0. The van der Waals surface area contributed by atoms with Gasteiger partial charge in [0.15, 0.2) is 11.6 Å². The zero-order valence-electron chi connectivity index (χ0n) is 14.8. The van der Waals surface area contributed by atoms with E-state index in [4.69, 9.17) is 33.7 Å². The average molecular weight is 414 g/mol. The minimum absolute atomic E-state index is 0.142. The Hall–Kier alpha value is -1.83. The van der Waals surface area contributed by atoms with Crippen molar-refractivity contribution in [3.8, 4) is 5.75 Å². The largest absolute Gasteiger partial charge is 0.490 e. The van der Waals surface area contributed by atoms with Gasteiger partial charge in [-0.05, 0) is 37.9 Å². The molecule has 1 saturated heterocycles. The summed E-state index contributed by atoms with van der Waals surface area (Å²) >= 11 is 12.0. The quantitative estimate of drug-likeness (QED) is 0.671. The van der Waals surface area contributed by atoms with Crippen LogP contribution in [-0.2, 0) is 0 Å². The normalized spacial score (nSPS) is 15.7. The van der Waals surface area contributed by atoms with Gasteiger partial charge in [-0.1, -0.05) is 23.2 Å². The van der Waals surface area contributed by atoms with Gasteiger partial charge in [0.2, 0.25) is 5.95 Å². The van der Waals surface area contributed by atoms with Crippen molar-refractivity contribution >= 4 is 35.0 Å². The minimum atomic E-state index is -0.605. The van der Waals surface area contributed by atoms with E-state index in [1.54, 1.807) is 12.1 Å². The first kappa shape index (κ1) is 19.9. The number of likely N-dealkylation sites (tertiary alicyclic amines) is 1. The van der Waals surface area contributed by atoms with Gasteiger partial charge in [-0.3, -0.25) is 0 Å². The van der Waals surface area contributed by atoms with Gasteiger partial charge in [0.25, 0.3) is 0 Å². The van der Waals surface area contributed by atoms with E-state index in [0.29, 0.717) is 22.5 Å². The molecule has 0 bridgehead atoms. The van der Waals surface area contributed by atoms with E-state index in [-0.39, 0.29) is 11.9 Å². The fraction of sp³-hybridized carbons (Fsp3) is 0.444. The van der Waals surface area contributed by atoms with Crippen LogP contribution in [-0.4, -0.2) is 47.2 Å². The number of ether oxygens (including phenoxy) is 1. The topological polar surface area (TPSA) is 76.3 Å². The van der Waals surface area contributed by atoms with E-state index in [0.717, 1.165) is 50.8 Å². The van der Waals surface area contributed by atoms with Crippen molar-refractivity contribution in [2.24, 2.45) is 0 Å². The van der Waals surface area contributed by atoms with Crippen LogP contribution < -0.4 is 15.8 Å². The van der Waals surface area contributed by atoms with Gasteiger partial charge in [0, 0.05) is 25.7 Å². The standard InChI is InChI=1S/C18H22Cl2FN5O/c19-14-3-2-13(10-15(14)20)27-12-4-8-26(9-5-12)7-1-6-23-18-24-11-16(21)17(22)25-18/h2-3,10-12H,1,4-9H2,(H3,22,23,24,25). The molecule has 0 spiro atoms. The number of halogens is 3. The van der Waals surface area contributed by atoms with Crippen molar-refractivity contribution in [1.82, 2.24) is 14.9 Å². The van der Waals surface area contributed by atoms with Crippen LogP contribution in [0.5, 0.6) is 5.75 Å². The Morgan fingerprint density at radius 2 is 2.04 bits per heavy atom. The summed E-state index contributed by atoms with van der Waals surface area (Å²) < 4.78 is 19.0. The number of anilines is 2. The van der Waals surface area contributed by atoms with Gasteiger partial charge in [-0.2, -0.15) is 4.98 Å². The number of hydrogen-bond donors (Lipinski definition) is 2. The second-order valence-corrected chi connectivity index (χ2v) is 7.26. The number of nitrogen functional groups attached to an aromatic ring is 1. The lowest BCUT2D eigenvalue weighted by Crippen LogP contribution is -2.39. The second kappa shape index (κ2) is 9.39. The highest BCUT2D eigenvalue weighted by Crippen LogP contribution is 2.28. The van der Waals surface area contributed by atoms with Crippen molar-refractivity contribution in [3.63, 3.8) is 0 Å². The van der Waals surface area contributed by atoms with Crippen LogP contribution in [0.1, 0.15) is 19.3 Å². The van der Waals surface area contributed by atoms with Crippen molar-refractivity contribution in [3.05, 3.63) is 40.3 Å². The summed E-state index contributed by atoms with van der Waals surface area (Å²) in [5.41, 5.74) is 5.43. The number of nitrogens with zero attached hydrogens (tertiary/aromatic N) is 3. The summed E-state index contributed by atoms with van der Waals surface area (Å²) in [6.07, 6.45) is 4.12. The molecule has 0 saturated carbocycles. The summed E-state index contributed by atoms with van der Waals surface area (Å²) in [4.78, 5) is 10.1. The van der Waals surface area contributed by atoms with Crippen LogP contribution in [0.4, 0.5) is 16.2 Å². The molecule has 0 atom stereocenters. The summed E-state index contributed by atoms with van der Waals surface area (Å²) in [5, 5.41) is 4.09. The molecule has 1 aliphatic rings. The smallest absolute Gasteiger partial charge is 0.224 e. The van der Waals surface area contributed by atoms with Gasteiger partial charge in [-0.15, -0.1) is 0 Å². The number of hydrogen-bond acceptors (Lipinski definition) is 6. The third kappa shape index (κ3) is 5.82. The lowest BCUT2D eigenvalue weighted by atomic mass is 10.1. The molecule has 1 aromatic heterocycles. The molecule has 0 aliphatic carbocycles. The molecule has 0 amide bonds. The molecule has 6 nitrogen and oxygen atoms in total. The van der Waals surface area contributed by atoms with Gasteiger partial charge in [0.1, 0.15) is 11.9 Å². The predicted molar refractivity (Wildman–Crippen MR) is 106 cm³/mol. The van der Waals surface area contributed by atoms with E-state index in [9.17, 15) is 4.39 Å². The first-order valence-electron chi connectivity index (χ1n) is 8.87. The van der Waals surface area contributed by atoms with E-state index in [1.807, 2.05) is 6.07 Å². The Kier molecular flexibility index (Phi) is 6.93. The maximum absolute atomic E-state index is 13.0. The number of nitrogens with one attached hydrogen (secondary N) is 1. The van der Waals surface area contributed by atoms with Crippen molar-refractivity contribution < 1.29 is 9.13 Å². The summed E-state index contributed by atoms with van der Waals surface area (Å²) in [5.74, 6) is 0.358. The van der Waals surface area contributed by atoms with Crippen LogP contribution in [0.2, 0.25) is 10.0 Å². The molecule has 0 radical (unpaired) electrons. The van der Waals surface area contributed by atoms with Crippen LogP contribution in [0, 0.1) is 5.82 Å². The molecule has 1 aromatic carbocycles. The van der Waals surface area contributed by atoms with E-state index < -0.39 is 5.82 Å². The van der Waals surface area contributed by atoms with Crippen LogP contribution in [0.25, 0.3) is 0 Å². The Labute approximate surface area is 167 Å². The number of aromatic nitrogens is 2. The number of piperidine rings is 1. The number of rotatable bonds is 7. The molecular weight excluding hydrogens is 392 g/mol. The van der Waals surface area contributed by atoms with Gasteiger partial charge in [-0.25, -0.2) is 9.37 Å². The summed E-state index contributed by atoms with van der Waals surface area (Å²) in [7, 11) is 0. The highest BCUT2D eigenvalue weighted by atomic mass is 35.5. The molecular formula is C18H22Cl2FN5O. The number of nitrogens with two attached hydrogens (primary N) is 1. The Morgan fingerprint density at radius 3 is 2.74 bits per heavy atom. The average Bonchev–Trinajstić information content (AvgIpc) is 2.66. The van der Waals surface area contributed by atoms with Crippen molar-refractivity contribution in [2.75, 3.05) is 37.2 Å². The third-order valence-electron chi connectivity index (χ3n) is 4.43. The lowest BCUT2D eigenvalue weighted by Gasteiger charge is -2.32. The lowest BCUT2D eigenvalue weighted by molar-refractivity contribution is 0.100. The molecule has 146 valence electrons. The fourth-order valence-electron chi connectivity index (χ4n) is 2.96. The molecule has 1 fully saturated rings. The molecule has 1 aliphatic heterocycles. The molecule has 3 N–H and O–H groups in total. The predicted octanol–water partition coefficient (Wildman–Crippen LogP) is 3.85. The zero-order chi connectivity index (χ0) is 19.2. The minimum Gasteiger partial charge on any atom is -0.490 e. The van der Waals surface area contributed by atoms with Crippen LogP contribution in [0.15, 0.2) is 24.4 Å². The molecule has 9 heteroatoms.